The molecule has 0 spiro atoms. The Kier molecular flexibility index (Phi) is 12.6. The Morgan fingerprint density at radius 1 is 0.698 bits per heavy atom. The highest BCUT2D eigenvalue weighted by Crippen LogP contribution is 2.32. The van der Waals surface area contributed by atoms with Crippen molar-refractivity contribution in [3.05, 3.63) is 84.9 Å². The van der Waals surface area contributed by atoms with Gasteiger partial charge in [-0.05, 0) is 132 Å². The van der Waals surface area contributed by atoms with Gasteiger partial charge in [0.25, 0.3) is 0 Å². The quantitative estimate of drug-likeness (QED) is 0.0595. The molecule has 2 aliphatic carbocycles. The molecular weight excluding hydrogens is 849 g/mol. The summed E-state index contributed by atoms with van der Waals surface area (Å²) < 4.78 is 61.4. The maximum Gasteiger partial charge on any atom is 0.339 e. The highest BCUT2D eigenvalue weighted by molar-refractivity contribution is 7.87. The van der Waals surface area contributed by atoms with Crippen LogP contribution in [-0.4, -0.2) is 99.3 Å². The summed E-state index contributed by atoms with van der Waals surface area (Å²) in [5.41, 5.74) is 4.04. The molecule has 1 saturated heterocycles. The van der Waals surface area contributed by atoms with E-state index in [4.69, 9.17) is 8.37 Å². The fourth-order valence-corrected chi connectivity index (χ4v) is 8.84. The van der Waals surface area contributed by atoms with Crippen molar-refractivity contribution in [2.24, 2.45) is 11.8 Å². The lowest BCUT2D eigenvalue weighted by atomic mass is 10.2. The van der Waals surface area contributed by atoms with Gasteiger partial charge in [0.2, 0.25) is 23.7 Å². The molecule has 20 heteroatoms. The van der Waals surface area contributed by atoms with E-state index in [1.165, 1.54) is 36.4 Å². The summed E-state index contributed by atoms with van der Waals surface area (Å²) in [6, 6.07) is 23.0. The zero-order chi connectivity index (χ0) is 44.3. The van der Waals surface area contributed by atoms with Crippen LogP contribution in [0, 0.1) is 11.8 Å². The second-order valence-corrected chi connectivity index (χ2v) is 19.4. The van der Waals surface area contributed by atoms with E-state index in [0.717, 1.165) is 63.1 Å². The molecule has 3 aliphatic rings. The number of aromatic nitrogens is 4. The summed E-state index contributed by atoms with van der Waals surface area (Å²) in [6.45, 7) is 4.78. The van der Waals surface area contributed by atoms with E-state index in [0.29, 0.717) is 40.0 Å². The van der Waals surface area contributed by atoms with Gasteiger partial charge in [-0.3, -0.25) is 20.2 Å². The summed E-state index contributed by atoms with van der Waals surface area (Å²) in [4.78, 5) is 40.7. The van der Waals surface area contributed by atoms with E-state index in [-0.39, 0.29) is 51.0 Å². The van der Waals surface area contributed by atoms with Gasteiger partial charge in [-0.2, -0.15) is 16.8 Å². The van der Waals surface area contributed by atoms with E-state index in [1.54, 1.807) is 48.5 Å². The molecule has 6 aromatic rings. The first-order chi connectivity index (χ1) is 30.2. The Morgan fingerprint density at radius 2 is 1.17 bits per heavy atom. The Morgan fingerprint density at radius 3 is 1.60 bits per heavy atom. The van der Waals surface area contributed by atoms with Crippen LogP contribution in [0.5, 0.6) is 11.5 Å². The van der Waals surface area contributed by atoms with Gasteiger partial charge in [-0.25, -0.2) is 9.97 Å². The van der Waals surface area contributed by atoms with Gasteiger partial charge in [0, 0.05) is 60.5 Å². The SMILES string of the molecule is CC(CN(C)C)Nc1ccc(S(=O)(=O)Oc2ccc3[nH]c(NC(=O)C4CC4)nc3c2)cc1.O=C(Nc1nc2cc(OS(=O)(=O)c3ccc(NC4CCNC4)cc3)ccc2[nH]1)C1CC1. The maximum atomic E-state index is 12.7. The highest BCUT2D eigenvalue weighted by Gasteiger charge is 2.31. The third-order valence-corrected chi connectivity index (χ3v) is 13.0. The second kappa shape index (κ2) is 18.2. The van der Waals surface area contributed by atoms with Crippen LogP contribution in [0.15, 0.2) is 94.7 Å². The van der Waals surface area contributed by atoms with Crippen LogP contribution in [-0.2, 0) is 29.8 Å². The number of carbonyl (C=O) groups excluding carboxylic acids is 2. The molecule has 2 unspecified atom stereocenters. The van der Waals surface area contributed by atoms with Gasteiger partial charge < -0.3 is 39.2 Å². The van der Waals surface area contributed by atoms with Crippen LogP contribution in [0.1, 0.15) is 39.0 Å². The minimum Gasteiger partial charge on any atom is -0.381 e. The number of aromatic amines is 2. The summed E-state index contributed by atoms with van der Waals surface area (Å²) in [6.07, 6.45) is 4.63. The van der Waals surface area contributed by atoms with E-state index in [9.17, 15) is 26.4 Å². The largest absolute Gasteiger partial charge is 0.381 e. The molecule has 2 aromatic heterocycles. The number of H-pyrrole nitrogens is 2. The fraction of sp³-hybridized carbons (Fsp3) is 0.349. The number of rotatable bonds is 16. The summed E-state index contributed by atoms with van der Waals surface area (Å²) >= 11 is 0. The van der Waals surface area contributed by atoms with Crippen molar-refractivity contribution >= 4 is 77.4 Å². The molecule has 2 atom stereocenters. The first kappa shape index (κ1) is 43.4. The Balaban J connectivity index is 0.000000173. The Hall–Kier alpha value is -6.22. The molecule has 0 bridgehead atoms. The number of benzene rings is 4. The predicted octanol–water partition coefficient (Wildman–Crippen LogP) is 5.49. The average molecular weight is 899 g/mol. The topological polar surface area (TPSA) is 242 Å². The summed E-state index contributed by atoms with van der Waals surface area (Å²) in [7, 11) is -4.00. The van der Waals surface area contributed by atoms with Gasteiger partial charge in [0.05, 0.1) is 22.1 Å². The number of fused-ring (bicyclic) bond motifs is 2. The van der Waals surface area contributed by atoms with E-state index >= 15 is 0 Å². The summed E-state index contributed by atoms with van der Waals surface area (Å²) in [5, 5.41) is 15.5. The van der Waals surface area contributed by atoms with Crippen molar-refractivity contribution in [1.29, 1.82) is 0 Å². The number of hydrogen-bond acceptors (Lipinski definition) is 14. The molecule has 18 nitrogen and oxygen atoms in total. The van der Waals surface area contributed by atoms with Crippen LogP contribution in [0.3, 0.4) is 0 Å². The molecule has 9 rings (SSSR count). The molecule has 4 aromatic carbocycles. The van der Waals surface area contributed by atoms with E-state index in [2.05, 4.69) is 58.3 Å². The Bertz CT molecular complexity index is 2820. The molecule has 332 valence electrons. The Labute approximate surface area is 365 Å². The monoisotopic (exact) mass is 898 g/mol. The highest BCUT2D eigenvalue weighted by atomic mass is 32.2. The molecular formula is C43H50N10O8S2. The fourth-order valence-electron chi connectivity index (χ4n) is 7.00. The third-order valence-electron chi connectivity index (χ3n) is 10.5. The van der Waals surface area contributed by atoms with Crippen molar-refractivity contribution < 1.29 is 34.8 Å². The summed E-state index contributed by atoms with van der Waals surface area (Å²) in [5.74, 6) is 0.983. The van der Waals surface area contributed by atoms with Crippen molar-refractivity contribution in [2.45, 2.75) is 60.9 Å². The van der Waals surface area contributed by atoms with Gasteiger partial charge in [-0.15, -0.1) is 0 Å². The predicted molar refractivity (Wildman–Crippen MR) is 240 cm³/mol. The molecule has 2 saturated carbocycles. The lowest BCUT2D eigenvalue weighted by Gasteiger charge is -2.19. The van der Waals surface area contributed by atoms with E-state index in [1.807, 2.05) is 14.1 Å². The average Bonchev–Trinajstić information content (AvgIpc) is 4.14. The standard InChI is InChI=1S/C22H27N5O4S.C21H23N5O4S/c1-14(13-27(2)3)23-16-6-9-18(10-7-16)32(29,30)31-17-8-11-19-20(12-17)25-22(24-19)26-21(28)15-4-5-15;27-20(13-1-2-13)26-21-24-18-8-5-16(11-19(18)25-21)30-31(28,29)17-6-3-14(4-7-17)23-15-9-10-22-12-15/h6-12,14-15,23H,4-5,13H2,1-3H3,(H2,24,25,26,28);3-8,11,13,15,22-23H,1-2,9-10,12H2,(H2,24,25,26,27). The molecule has 63 heavy (non-hydrogen) atoms. The van der Waals surface area contributed by atoms with Crippen molar-refractivity contribution in [3.63, 3.8) is 0 Å². The first-order valence-electron chi connectivity index (χ1n) is 20.7. The first-order valence-corrected chi connectivity index (χ1v) is 23.6. The number of carbonyl (C=O) groups is 2. The van der Waals surface area contributed by atoms with Crippen molar-refractivity contribution in [2.75, 3.05) is 55.0 Å². The zero-order valence-electron chi connectivity index (χ0n) is 35.0. The maximum absolute atomic E-state index is 12.7. The normalized spacial score (nSPS) is 16.9. The molecule has 3 heterocycles. The van der Waals surface area contributed by atoms with Gasteiger partial charge in [-0.1, -0.05) is 0 Å². The zero-order valence-corrected chi connectivity index (χ0v) is 36.6. The third kappa shape index (κ3) is 11.4. The molecule has 1 aliphatic heterocycles. The lowest BCUT2D eigenvalue weighted by molar-refractivity contribution is -0.118. The van der Waals surface area contributed by atoms with Crippen LogP contribution >= 0.6 is 0 Å². The van der Waals surface area contributed by atoms with Gasteiger partial charge >= 0.3 is 20.2 Å². The van der Waals surface area contributed by atoms with Crippen LogP contribution in [0.2, 0.25) is 0 Å². The number of anilines is 4. The number of imidazole rings is 2. The number of likely N-dealkylation sites (N-methyl/N-ethyl adjacent to an activating group) is 1. The number of hydrogen-bond donors (Lipinski definition) is 7. The smallest absolute Gasteiger partial charge is 0.339 e. The molecule has 0 radical (unpaired) electrons. The number of amides is 2. The lowest BCUT2D eigenvalue weighted by Crippen LogP contribution is -2.29. The van der Waals surface area contributed by atoms with E-state index < -0.39 is 20.2 Å². The minimum absolute atomic E-state index is 0.0553. The second-order valence-electron chi connectivity index (χ2n) is 16.3. The molecule has 3 fully saturated rings. The van der Waals surface area contributed by atoms with Crippen molar-refractivity contribution in [1.82, 2.24) is 30.2 Å². The van der Waals surface area contributed by atoms with Crippen LogP contribution in [0.4, 0.5) is 23.3 Å². The molecule has 7 N–H and O–H groups in total. The van der Waals surface area contributed by atoms with Gasteiger partial charge in [0.15, 0.2) is 0 Å². The minimum atomic E-state index is -4.01. The van der Waals surface area contributed by atoms with Crippen LogP contribution in [0.25, 0.3) is 22.1 Å². The number of nitrogens with zero attached hydrogens (tertiary/aromatic N) is 3. The van der Waals surface area contributed by atoms with Gasteiger partial charge in [0.1, 0.15) is 21.3 Å². The number of nitrogens with one attached hydrogen (secondary N) is 7. The van der Waals surface area contributed by atoms with Crippen molar-refractivity contribution in [3.8, 4) is 11.5 Å². The van der Waals surface area contributed by atoms with Crippen LogP contribution < -0.4 is 35.0 Å². The molecule has 2 amide bonds.